The molecule has 0 saturated heterocycles. The number of carbonyl (C=O) groups is 1. The van der Waals surface area contributed by atoms with Crippen LogP contribution >= 0.6 is 0 Å². The molecule has 4 heteroatoms. The van der Waals surface area contributed by atoms with Gasteiger partial charge in [0.2, 0.25) is 0 Å². The minimum atomic E-state index is -0.478. The van der Waals surface area contributed by atoms with Gasteiger partial charge in [0.05, 0.1) is 14.2 Å². The van der Waals surface area contributed by atoms with Crippen LogP contribution < -0.4 is 9.47 Å². The van der Waals surface area contributed by atoms with Gasteiger partial charge in [0.15, 0.2) is 0 Å². The zero-order valence-electron chi connectivity index (χ0n) is 17.2. The Bertz CT molecular complexity index is 692. The van der Waals surface area contributed by atoms with Gasteiger partial charge in [0, 0.05) is 11.8 Å². The van der Waals surface area contributed by atoms with Crippen LogP contribution in [0.25, 0.3) is 0 Å². The summed E-state index contributed by atoms with van der Waals surface area (Å²) in [5.74, 6) is 1.43. The quantitative estimate of drug-likeness (QED) is 0.634. The van der Waals surface area contributed by atoms with E-state index in [4.69, 9.17) is 14.2 Å². The number of rotatable bonds is 7. The van der Waals surface area contributed by atoms with Gasteiger partial charge in [-0.3, -0.25) is 4.79 Å². The summed E-state index contributed by atoms with van der Waals surface area (Å²) in [6.07, 6.45) is 0.979. The Morgan fingerprint density at radius 2 is 1.19 bits per heavy atom. The lowest BCUT2D eigenvalue weighted by molar-refractivity contribution is -0.155. The molecule has 0 amide bonds. The molecule has 4 nitrogen and oxygen atoms in total. The van der Waals surface area contributed by atoms with E-state index in [-0.39, 0.29) is 11.4 Å². The maximum atomic E-state index is 12.3. The molecule has 2 aromatic carbocycles. The normalized spacial score (nSPS) is 11.8. The van der Waals surface area contributed by atoms with Crippen molar-refractivity contribution in [3.05, 3.63) is 59.7 Å². The Labute approximate surface area is 162 Å². The fourth-order valence-electron chi connectivity index (χ4n) is 3.12. The van der Waals surface area contributed by atoms with Gasteiger partial charge in [-0.25, -0.2) is 0 Å². The monoisotopic (exact) mass is 370 g/mol. The summed E-state index contributed by atoms with van der Waals surface area (Å²) < 4.78 is 16.1. The topological polar surface area (TPSA) is 44.8 Å². The van der Waals surface area contributed by atoms with Crippen LogP contribution in [0.15, 0.2) is 48.5 Å². The molecule has 0 heterocycles. The first-order valence-corrected chi connectivity index (χ1v) is 9.19. The summed E-state index contributed by atoms with van der Waals surface area (Å²) >= 11 is 0. The van der Waals surface area contributed by atoms with Crippen molar-refractivity contribution in [2.24, 2.45) is 0 Å². The number of methoxy groups -OCH3 is 2. The molecule has 0 aliphatic carbocycles. The first-order valence-electron chi connectivity index (χ1n) is 9.19. The third-order valence-electron chi connectivity index (χ3n) is 4.70. The van der Waals surface area contributed by atoms with Gasteiger partial charge in [0.25, 0.3) is 0 Å². The Morgan fingerprint density at radius 3 is 1.52 bits per heavy atom. The van der Waals surface area contributed by atoms with Gasteiger partial charge < -0.3 is 14.2 Å². The highest BCUT2D eigenvalue weighted by Crippen LogP contribution is 2.38. The van der Waals surface area contributed by atoms with Gasteiger partial charge >= 0.3 is 5.97 Å². The van der Waals surface area contributed by atoms with E-state index in [2.05, 4.69) is 31.2 Å². The van der Waals surface area contributed by atoms with Crippen molar-refractivity contribution in [2.75, 3.05) is 14.2 Å². The molecule has 0 N–H and O–H groups in total. The van der Waals surface area contributed by atoms with Crippen molar-refractivity contribution < 1.29 is 19.0 Å². The van der Waals surface area contributed by atoms with Crippen LogP contribution in [0.1, 0.15) is 51.7 Å². The second-order valence-electron chi connectivity index (χ2n) is 7.88. The number of hydrogen-bond donors (Lipinski definition) is 0. The average molecular weight is 370 g/mol. The van der Waals surface area contributed by atoms with Gasteiger partial charge in [0.1, 0.15) is 17.1 Å². The Morgan fingerprint density at radius 1 is 0.778 bits per heavy atom. The molecule has 27 heavy (non-hydrogen) atoms. The van der Waals surface area contributed by atoms with E-state index in [0.717, 1.165) is 22.6 Å². The lowest BCUT2D eigenvalue weighted by atomic mass is 9.73. The highest BCUT2D eigenvalue weighted by molar-refractivity contribution is 5.70. The summed E-state index contributed by atoms with van der Waals surface area (Å²) in [6.45, 7) is 7.81. The zero-order chi connectivity index (χ0) is 20.1. The van der Waals surface area contributed by atoms with Gasteiger partial charge in [-0.05, 0) is 62.6 Å². The molecule has 0 radical (unpaired) electrons. The number of carbonyl (C=O) groups excluding carboxylic acids is 1. The SMILES string of the molecule is COc1ccc(C(C)(CCC(=O)OC(C)(C)C)c2ccc(OC)cc2)cc1. The van der Waals surface area contributed by atoms with E-state index in [9.17, 15) is 4.79 Å². The number of benzene rings is 2. The lowest BCUT2D eigenvalue weighted by Gasteiger charge is -2.31. The lowest BCUT2D eigenvalue weighted by Crippen LogP contribution is -2.28. The standard InChI is InChI=1S/C23H30O4/c1-22(2,3)27-21(24)15-16-23(4,17-7-11-19(25-5)12-8-17)18-9-13-20(26-6)14-10-18/h7-14H,15-16H2,1-6H3. The maximum absolute atomic E-state index is 12.3. The van der Waals surface area contributed by atoms with Crippen LogP contribution in [-0.2, 0) is 14.9 Å². The molecule has 0 aliphatic heterocycles. The Balaban J connectivity index is 2.33. The van der Waals surface area contributed by atoms with Crippen LogP contribution in [0.3, 0.4) is 0 Å². The zero-order valence-corrected chi connectivity index (χ0v) is 17.2. The molecule has 2 aromatic rings. The number of esters is 1. The van der Waals surface area contributed by atoms with Gasteiger partial charge in [-0.2, -0.15) is 0 Å². The summed E-state index contributed by atoms with van der Waals surface area (Å²) in [5.41, 5.74) is 1.43. The smallest absolute Gasteiger partial charge is 0.306 e. The van der Waals surface area contributed by atoms with Crippen LogP contribution in [0.2, 0.25) is 0 Å². The van der Waals surface area contributed by atoms with E-state index in [0.29, 0.717) is 12.8 Å². The molecule has 0 saturated carbocycles. The average Bonchev–Trinajstić information content (AvgIpc) is 2.65. The molecule has 0 unspecified atom stereocenters. The minimum Gasteiger partial charge on any atom is -0.497 e. The maximum Gasteiger partial charge on any atom is 0.306 e. The third kappa shape index (κ3) is 5.49. The molecule has 0 aromatic heterocycles. The van der Waals surface area contributed by atoms with Gasteiger partial charge in [-0.1, -0.05) is 31.2 Å². The van der Waals surface area contributed by atoms with Crippen molar-refractivity contribution in [2.45, 2.75) is 51.6 Å². The van der Waals surface area contributed by atoms with E-state index in [1.165, 1.54) is 0 Å². The van der Waals surface area contributed by atoms with Crippen molar-refractivity contribution in [3.63, 3.8) is 0 Å². The largest absolute Gasteiger partial charge is 0.497 e. The van der Waals surface area contributed by atoms with E-state index >= 15 is 0 Å². The van der Waals surface area contributed by atoms with E-state index in [1.54, 1.807) is 14.2 Å². The molecule has 0 bridgehead atoms. The molecule has 0 fully saturated rings. The minimum absolute atomic E-state index is 0.184. The summed E-state index contributed by atoms with van der Waals surface area (Å²) in [4.78, 5) is 12.3. The second-order valence-corrected chi connectivity index (χ2v) is 7.88. The molecular formula is C23H30O4. The fraction of sp³-hybridized carbons (Fsp3) is 0.435. The molecule has 0 aliphatic rings. The second kappa shape index (κ2) is 8.47. The van der Waals surface area contributed by atoms with Crippen molar-refractivity contribution in [3.8, 4) is 11.5 Å². The molecule has 0 spiro atoms. The first kappa shape index (κ1) is 20.8. The summed E-state index contributed by atoms with van der Waals surface area (Å²) in [7, 11) is 3.31. The van der Waals surface area contributed by atoms with Crippen molar-refractivity contribution in [1.82, 2.24) is 0 Å². The van der Waals surface area contributed by atoms with Crippen LogP contribution in [0, 0.1) is 0 Å². The fourth-order valence-corrected chi connectivity index (χ4v) is 3.12. The van der Waals surface area contributed by atoms with Crippen LogP contribution in [-0.4, -0.2) is 25.8 Å². The first-order chi connectivity index (χ1) is 12.7. The Kier molecular flexibility index (Phi) is 6.53. The molecule has 0 atom stereocenters. The van der Waals surface area contributed by atoms with Crippen molar-refractivity contribution >= 4 is 5.97 Å². The highest BCUT2D eigenvalue weighted by atomic mass is 16.6. The predicted octanol–water partition coefficient (Wildman–Crippen LogP) is 5.13. The van der Waals surface area contributed by atoms with Gasteiger partial charge in [-0.15, -0.1) is 0 Å². The summed E-state index contributed by atoms with van der Waals surface area (Å²) in [5, 5.41) is 0. The molecular weight excluding hydrogens is 340 g/mol. The number of hydrogen-bond acceptors (Lipinski definition) is 4. The third-order valence-corrected chi connectivity index (χ3v) is 4.70. The molecule has 2 rings (SSSR count). The summed E-state index contributed by atoms with van der Waals surface area (Å²) in [6, 6.07) is 16.0. The molecule has 146 valence electrons. The highest BCUT2D eigenvalue weighted by Gasteiger charge is 2.30. The number of ether oxygens (including phenoxy) is 3. The Hall–Kier alpha value is -2.49. The van der Waals surface area contributed by atoms with E-state index < -0.39 is 5.60 Å². The van der Waals surface area contributed by atoms with E-state index in [1.807, 2.05) is 45.0 Å². The predicted molar refractivity (Wildman–Crippen MR) is 108 cm³/mol. The van der Waals surface area contributed by atoms with Crippen LogP contribution in [0.5, 0.6) is 11.5 Å². The van der Waals surface area contributed by atoms with Crippen LogP contribution in [0.4, 0.5) is 0 Å². The van der Waals surface area contributed by atoms with Crippen molar-refractivity contribution in [1.29, 1.82) is 0 Å².